The summed E-state index contributed by atoms with van der Waals surface area (Å²) in [5.74, 6) is -0.238. The van der Waals surface area contributed by atoms with E-state index in [1.807, 2.05) is 30.3 Å². The van der Waals surface area contributed by atoms with Gasteiger partial charge in [-0.2, -0.15) is 0 Å². The van der Waals surface area contributed by atoms with E-state index in [2.05, 4.69) is 0 Å². The summed E-state index contributed by atoms with van der Waals surface area (Å²) in [7, 11) is 0. The van der Waals surface area contributed by atoms with Gasteiger partial charge in [0.25, 0.3) is 0 Å². The molecule has 2 aromatic carbocycles. The highest BCUT2D eigenvalue weighted by Gasteiger charge is 2.04. The Labute approximate surface area is 98.5 Å². The number of rotatable bonds is 3. The van der Waals surface area contributed by atoms with Crippen molar-refractivity contribution < 1.29 is 4.39 Å². The van der Waals surface area contributed by atoms with E-state index in [4.69, 9.17) is 5.73 Å². The Kier molecular flexibility index (Phi) is 3.59. The van der Waals surface area contributed by atoms with Gasteiger partial charge in [-0.05, 0) is 35.9 Å². The maximum Gasteiger partial charge on any atom is 0.123 e. The highest BCUT2D eigenvalue weighted by Crippen LogP contribution is 2.30. The van der Waals surface area contributed by atoms with Crippen molar-refractivity contribution in [2.45, 2.75) is 16.3 Å². The van der Waals surface area contributed by atoms with E-state index in [1.54, 1.807) is 17.8 Å². The molecule has 0 unspecified atom stereocenters. The number of nitrogens with two attached hydrogens (primary N) is 1. The lowest BCUT2D eigenvalue weighted by molar-refractivity contribution is 0.623. The van der Waals surface area contributed by atoms with Gasteiger partial charge < -0.3 is 5.73 Å². The van der Waals surface area contributed by atoms with Crippen LogP contribution in [0.5, 0.6) is 0 Å². The third-order valence-electron chi connectivity index (χ3n) is 2.21. The van der Waals surface area contributed by atoms with Crippen LogP contribution in [0.4, 0.5) is 4.39 Å². The zero-order chi connectivity index (χ0) is 11.4. The molecule has 0 saturated carbocycles. The molecule has 2 N–H and O–H groups in total. The number of hydrogen-bond acceptors (Lipinski definition) is 2. The summed E-state index contributed by atoms with van der Waals surface area (Å²) in [6.07, 6.45) is 0. The second-order valence-corrected chi connectivity index (χ2v) is 4.49. The summed E-state index contributed by atoms with van der Waals surface area (Å²) in [4.78, 5) is 2.14. The van der Waals surface area contributed by atoms with Gasteiger partial charge in [0.2, 0.25) is 0 Å². The second-order valence-electron chi connectivity index (χ2n) is 3.37. The average Bonchev–Trinajstić information content (AvgIpc) is 2.33. The summed E-state index contributed by atoms with van der Waals surface area (Å²) < 4.78 is 13.0. The molecular weight excluding hydrogens is 221 g/mol. The molecule has 0 aromatic heterocycles. The van der Waals surface area contributed by atoms with Crippen molar-refractivity contribution in [3.63, 3.8) is 0 Å². The predicted octanol–water partition coefficient (Wildman–Crippen LogP) is 3.44. The fraction of sp³-hybridized carbons (Fsp3) is 0.0769. The van der Waals surface area contributed by atoms with Crippen molar-refractivity contribution in [1.82, 2.24) is 0 Å². The van der Waals surface area contributed by atoms with Gasteiger partial charge in [0.05, 0.1) is 0 Å². The number of hydrogen-bond donors (Lipinski definition) is 1. The molecule has 0 heterocycles. The average molecular weight is 233 g/mol. The Bertz CT molecular complexity index is 471. The van der Waals surface area contributed by atoms with Crippen LogP contribution in [0.25, 0.3) is 0 Å². The second kappa shape index (κ2) is 5.14. The summed E-state index contributed by atoms with van der Waals surface area (Å²) in [6, 6.07) is 14.7. The van der Waals surface area contributed by atoms with E-state index in [9.17, 15) is 4.39 Å². The lowest BCUT2D eigenvalue weighted by Crippen LogP contribution is -1.98. The minimum atomic E-state index is -0.238. The van der Waals surface area contributed by atoms with Crippen molar-refractivity contribution in [3.8, 4) is 0 Å². The minimum Gasteiger partial charge on any atom is -0.326 e. The fourth-order valence-corrected chi connectivity index (χ4v) is 2.38. The third kappa shape index (κ3) is 2.62. The molecule has 1 nitrogen and oxygen atoms in total. The third-order valence-corrected chi connectivity index (χ3v) is 3.34. The first-order valence-corrected chi connectivity index (χ1v) is 5.82. The molecule has 0 aliphatic heterocycles. The monoisotopic (exact) mass is 233 g/mol. The largest absolute Gasteiger partial charge is 0.326 e. The SMILES string of the molecule is NCc1cc(F)ccc1Sc1ccccc1. The molecule has 3 heteroatoms. The number of benzene rings is 2. The molecule has 0 amide bonds. The van der Waals surface area contributed by atoms with Crippen LogP contribution in [-0.4, -0.2) is 0 Å². The maximum absolute atomic E-state index is 13.0. The molecule has 2 aromatic rings. The first-order valence-electron chi connectivity index (χ1n) is 5.01. The van der Waals surface area contributed by atoms with Gasteiger partial charge in [-0.3, -0.25) is 0 Å². The van der Waals surface area contributed by atoms with E-state index in [-0.39, 0.29) is 5.82 Å². The van der Waals surface area contributed by atoms with Crippen molar-refractivity contribution in [2.24, 2.45) is 5.73 Å². The lowest BCUT2D eigenvalue weighted by Gasteiger charge is -2.07. The smallest absolute Gasteiger partial charge is 0.123 e. The van der Waals surface area contributed by atoms with E-state index in [0.717, 1.165) is 15.4 Å². The zero-order valence-electron chi connectivity index (χ0n) is 8.69. The van der Waals surface area contributed by atoms with Crippen molar-refractivity contribution in [3.05, 3.63) is 59.9 Å². The highest BCUT2D eigenvalue weighted by molar-refractivity contribution is 7.99. The van der Waals surface area contributed by atoms with E-state index in [1.165, 1.54) is 12.1 Å². The Morgan fingerprint density at radius 2 is 1.81 bits per heavy atom. The van der Waals surface area contributed by atoms with Crippen LogP contribution in [0, 0.1) is 5.82 Å². The maximum atomic E-state index is 13.0. The molecule has 16 heavy (non-hydrogen) atoms. The predicted molar refractivity (Wildman–Crippen MR) is 64.9 cm³/mol. The molecule has 2 rings (SSSR count). The van der Waals surface area contributed by atoms with Crippen LogP contribution in [-0.2, 0) is 6.54 Å². The quantitative estimate of drug-likeness (QED) is 0.878. The number of halogens is 1. The molecule has 0 saturated heterocycles. The Balaban J connectivity index is 2.28. The first kappa shape index (κ1) is 11.2. The molecular formula is C13H12FNS. The summed E-state index contributed by atoms with van der Waals surface area (Å²) in [5, 5.41) is 0. The zero-order valence-corrected chi connectivity index (χ0v) is 9.51. The normalized spacial score (nSPS) is 10.4. The van der Waals surface area contributed by atoms with Crippen LogP contribution < -0.4 is 5.73 Å². The van der Waals surface area contributed by atoms with Crippen LogP contribution in [0.2, 0.25) is 0 Å². The standard InChI is InChI=1S/C13H12FNS/c14-11-6-7-13(10(8-11)9-15)16-12-4-2-1-3-5-12/h1-8H,9,15H2. The minimum absolute atomic E-state index is 0.238. The van der Waals surface area contributed by atoms with Crippen LogP contribution >= 0.6 is 11.8 Å². The van der Waals surface area contributed by atoms with Gasteiger partial charge in [0.1, 0.15) is 5.82 Å². The van der Waals surface area contributed by atoms with Crippen molar-refractivity contribution >= 4 is 11.8 Å². The topological polar surface area (TPSA) is 26.0 Å². The molecule has 0 spiro atoms. The van der Waals surface area contributed by atoms with Gasteiger partial charge in [-0.1, -0.05) is 30.0 Å². The van der Waals surface area contributed by atoms with E-state index < -0.39 is 0 Å². The molecule has 0 aliphatic rings. The molecule has 0 atom stereocenters. The van der Waals surface area contributed by atoms with Gasteiger partial charge in [-0.15, -0.1) is 0 Å². The van der Waals surface area contributed by atoms with Gasteiger partial charge in [0, 0.05) is 16.3 Å². The Morgan fingerprint density at radius 3 is 2.50 bits per heavy atom. The highest BCUT2D eigenvalue weighted by atomic mass is 32.2. The van der Waals surface area contributed by atoms with Crippen LogP contribution in [0.3, 0.4) is 0 Å². The van der Waals surface area contributed by atoms with Gasteiger partial charge in [0.15, 0.2) is 0 Å². The molecule has 0 aliphatic carbocycles. The fourth-order valence-electron chi connectivity index (χ4n) is 1.42. The van der Waals surface area contributed by atoms with E-state index >= 15 is 0 Å². The summed E-state index contributed by atoms with van der Waals surface area (Å²) >= 11 is 1.60. The lowest BCUT2D eigenvalue weighted by atomic mass is 10.2. The Morgan fingerprint density at radius 1 is 1.06 bits per heavy atom. The van der Waals surface area contributed by atoms with Crippen LogP contribution in [0.15, 0.2) is 58.3 Å². The van der Waals surface area contributed by atoms with Crippen LogP contribution in [0.1, 0.15) is 5.56 Å². The molecule has 0 radical (unpaired) electrons. The van der Waals surface area contributed by atoms with Crippen molar-refractivity contribution in [1.29, 1.82) is 0 Å². The molecule has 82 valence electrons. The molecule has 0 bridgehead atoms. The van der Waals surface area contributed by atoms with Crippen molar-refractivity contribution in [2.75, 3.05) is 0 Å². The van der Waals surface area contributed by atoms with Gasteiger partial charge in [-0.25, -0.2) is 4.39 Å². The van der Waals surface area contributed by atoms with E-state index in [0.29, 0.717) is 6.54 Å². The molecule has 0 fully saturated rings. The summed E-state index contributed by atoms with van der Waals surface area (Å²) in [6.45, 7) is 0.354. The van der Waals surface area contributed by atoms with Gasteiger partial charge >= 0.3 is 0 Å². The Hall–Kier alpha value is -1.32. The summed E-state index contributed by atoms with van der Waals surface area (Å²) in [5.41, 5.74) is 6.43. The first-order chi connectivity index (χ1) is 7.79.